The zero-order valence-corrected chi connectivity index (χ0v) is 12.8. The van der Waals surface area contributed by atoms with Crippen molar-refractivity contribution in [3.63, 3.8) is 0 Å². The van der Waals surface area contributed by atoms with Gasteiger partial charge in [0.25, 0.3) is 9.05 Å². The fourth-order valence-corrected chi connectivity index (χ4v) is 3.98. The molecule has 2 aliphatic rings. The molecule has 2 aliphatic carbocycles. The number of halogens is 2. The summed E-state index contributed by atoms with van der Waals surface area (Å²) in [5, 5.41) is 2.93. The van der Waals surface area contributed by atoms with E-state index in [9.17, 15) is 13.2 Å². The van der Waals surface area contributed by atoms with Crippen molar-refractivity contribution in [2.24, 2.45) is 17.8 Å². The van der Waals surface area contributed by atoms with Gasteiger partial charge < -0.3 is 5.32 Å². The zero-order chi connectivity index (χ0) is 14.5. The van der Waals surface area contributed by atoms with Crippen molar-refractivity contribution in [2.75, 3.05) is 5.32 Å². The average Bonchev–Trinajstić information content (AvgIpc) is 2.97. The van der Waals surface area contributed by atoms with Crippen LogP contribution < -0.4 is 5.32 Å². The van der Waals surface area contributed by atoms with Crippen molar-refractivity contribution >= 4 is 42.9 Å². The van der Waals surface area contributed by atoms with Gasteiger partial charge in [0.1, 0.15) is 0 Å². The van der Waals surface area contributed by atoms with Crippen LogP contribution in [0, 0.1) is 17.8 Å². The van der Waals surface area contributed by atoms with E-state index in [2.05, 4.69) is 5.32 Å². The highest BCUT2D eigenvalue weighted by atomic mass is 35.7. The molecule has 2 unspecified atom stereocenters. The van der Waals surface area contributed by atoms with E-state index < -0.39 is 9.05 Å². The molecule has 0 spiro atoms. The number of nitrogens with one attached hydrogen (secondary N) is 1. The van der Waals surface area contributed by atoms with Crippen molar-refractivity contribution in [3.8, 4) is 0 Å². The molecule has 0 heterocycles. The summed E-state index contributed by atoms with van der Waals surface area (Å²) in [4.78, 5) is 12.0. The summed E-state index contributed by atoms with van der Waals surface area (Å²) in [6, 6.07) is 4.03. The Kier molecular flexibility index (Phi) is 3.47. The summed E-state index contributed by atoms with van der Waals surface area (Å²) in [6.07, 6.45) is 3.15. The lowest BCUT2D eigenvalue weighted by Crippen LogP contribution is -2.21. The van der Waals surface area contributed by atoms with Gasteiger partial charge in [-0.3, -0.25) is 4.79 Å². The van der Waals surface area contributed by atoms with Crippen LogP contribution in [0.15, 0.2) is 23.1 Å². The number of hydrogen-bond donors (Lipinski definition) is 1. The minimum absolute atomic E-state index is 0.0411. The van der Waals surface area contributed by atoms with Crippen LogP contribution in [0.5, 0.6) is 0 Å². The van der Waals surface area contributed by atoms with E-state index in [1.165, 1.54) is 24.6 Å². The number of anilines is 1. The topological polar surface area (TPSA) is 63.2 Å². The largest absolute Gasteiger partial charge is 0.325 e. The van der Waals surface area contributed by atoms with Gasteiger partial charge in [-0.15, -0.1) is 0 Å². The SMILES string of the molecule is O=C(Nc1ccc(S(=O)(=O)Cl)cc1Cl)C1CC2CC2C1. The Morgan fingerprint density at radius 3 is 2.40 bits per heavy atom. The summed E-state index contributed by atoms with van der Waals surface area (Å²) in [7, 11) is 1.43. The molecule has 0 aromatic heterocycles. The molecule has 4 nitrogen and oxygen atoms in total. The lowest BCUT2D eigenvalue weighted by Gasteiger charge is -2.13. The Balaban J connectivity index is 1.72. The number of fused-ring (bicyclic) bond motifs is 1. The average molecular weight is 334 g/mol. The van der Waals surface area contributed by atoms with Crippen molar-refractivity contribution in [3.05, 3.63) is 23.2 Å². The Labute approximate surface area is 126 Å². The van der Waals surface area contributed by atoms with E-state index in [1.807, 2.05) is 0 Å². The van der Waals surface area contributed by atoms with E-state index in [-0.39, 0.29) is 21.7 Å². The summed E-state index contributed by atoms with van der Waals surface area (Å²) in [5.41, 5.74) is 0.418. The molecule has 7 heteroatoms. The number of benzene rings is 1. The lowest BCUT2D eigenvalue weighted by atomic mass is 10.0. The van der Waals surface area contributed by atoms with Crippen LogP contribution in [-0.2, 0) is 13.8 Å². The molecule has 1 amide bonds. The molecular weight excluding hydrogens is 321 g/mol. The van der Waals surface area contributed by atoms with Gasteiger partial charge in [-0.25, -0.2) is 8.42 Å². The van der Waals surface area contributed by atoms with Crippen LogP contribution in [0.3, 0.4) is 0 Å². The molecule has 1 aromatic carbocycles. The van der Waals surface area contributed by atoms with E-state index in [4.69, 9.17) is 22.3 Å². The van der Waals surface area contributed by atoms with E-state index in [0.717, 1.165) is 24.7 Å². The first-order chi connectivity index (χ1) is 9.34. The summed E-state index contributed by atoms with van der Waals surface area (Å²) < 4.78 is 22.4. The van der Waals surface area contributed by atoms with E-state index in [1.54, 1.807) is 0 Å². The molecule has 2 fully saturated rings. The number of hydrogen-bond acceptors (Lipinski definition) is 3. The van der Waals surface area contributed by atoms with Crippen LogP contribution in [0.4, 0.5) is 5.69 Å². The molecule has 108 valence electrons. The number of rotatable bonds is 3. The van der Waals surface area contributed by atoms with Crippen molar-refractivity contribution in [1.29, 1.82) is 0 Å². The third-order valence-electron chi connectivity index (χ3n) is 4.09. The standard InChI is InChI=1S/C13H13Cl2NO3S/c14-11-6-10(20(15,18)19)1-2-12(11)16-13(17)9-4-7-3-8(7)5-9/h1-2,6-9H,3-5H2,(H,16,17). The molecule has 0 radical (unpaired) electrons. The minimum Gasteiger partial charge on any atom is -0.325 e. The first kappa shape index (κ1) is 14.2. The maximum Gasteiger partial charge on any atom is 0.261 e. The fourth-order valence-electron chi connectivity index (χ4n) is 2.91. The quantitative estimate of drug-likeness (QED) is 0.863. The summed E-state index contributed by atoms with van der Waals surface area (Å²) >= 11 is 5.99. The highest BCUT2D eigenvalue weighted by Gasteiger charge is 2.48. The molecular formula is C13H13Cl2NO3S. The van der Waals surface area contributed by atoms with E-state index in [0.29, 0.717) is 5.69 Å². The van der Waals surface area contributed by atoms with Gasteiger partial charge in [0, 0.05) is 16.6 Å². The second-order valence-corrected chi connectivity index (χ2v) is 8.47. The monoisotopic (exact) mass is 333 g/mol. The second-order valence-electron chi connectivity index (χ2n) is 5.49. The smallest absolute Gasteiger partial charge is 0.261 e. The van der Waals surface area contributed by atoms with Crippen LogP contribution in [0.1, 0.15) is 19.3 Å². The highest BCUT2D eigenvalue weighted by Crippen LogP contribution is 2.54. The molecule has 3 rings (SSSR count). The molecule has 20 heavy (non-hydrogen) atoms. The van der Waals surface area contributed by atoms with Gasteiger partial charge >= 0.3 is 0 Å². The van der Waals surface area contributed by atoms with Gasteiger partial charge in [0.15, 0.2) is 0 Å². The normalized spacial score (nSPS) is 28.0. The minimum atomic E-state index is -3.81. The first-order valence-corrected chi connectivity index (χ1v) is 9.08. The van der Waals surface area contributed by atoms with Crippen molar-refractivity contribution in [2.45, 2.75) is 24.2 Å². The van der Waals surface area contributed by atoms with Gasteiger partial charge in [0.2, 0.25) is 5.91 Å². The zero-order valence-electron chi connectivity index (χ0n) is 10.5. The Morgan fingerprint density at radius 2 is 1.85 bits per heavy atom. The number of carbonyl (C=O) groups excluding carboxylic acids is 1. The van der Waals surface area contributed by atoms with E-state index >= 15 is 0 Å². The first-order valence-electron chi connectivity index (χ1n) is 6.39. The van der Waals surface area contributed by atoms with Crippen LogP contribution in [0.25, 0.3) is 0 Å². The predicted octanol–water partition coefficient (Wildman–Crippen LogP) is 3.25. The maximum atomic E-state index is 12.1. The molecule has 2 atom stereocenters. The van der Waals surface area contributed by atoms with Crippen LogP contribution >= 0.6 is 22.3 Å². The van der Waals surface area contributed by atoms with Gasteiger partial charge in [-0.2, -0.15) is 0 Å². The number of carbonyl (C=O) groups is 1. The number of amides is 1. The molecule has 2 saturated carbocycles. The van der Waals surface area contributed by atoms with Crippen molar-refractivity contribution < 1.29 is 13.2 Å². The van der Waals surface area contributed by atoms with Crippen molar-refractivity contribution in [1.82, 2.24) is 0 Å². The molecule has 1 N–H and O–H groups in total. The predicted molar refractivity (Wildman–Crippen MR) is 77.4 cm³/mol. The Morgan fingerprint density at radius 1 is 1.20 bits per heavy atom. The highest BCUT2D eigenvalue weighted by molar-refractivity contribution is 8.13. The lowest BCUT2D eigenvalue weighted by molar-refractivity contribution is -0.120. The van der Waals surface area contributed by atoms with Crippen LogP contribution in [-0.4, -0.2) is 14.3 Å². The van der Waals surface area contributed by atoms with Gasteiger partial charge in [0.05, 0.1) is 15.6 Å². The van der Waals surface area contributed by atoms with Gasteiger partial charge in [-0.05, 0) is 49.3 Å². The van der Waals surface area contributed by atoms with Crippen LogP contribution in [0.2, 0.25) is 5.02 Å². The molecule has 1 aromatic rings. The summed E-state index contributed by atoms with van der Waals surface area (Å²) in [5.74, 6) is 1.46. The second kappa shape index (κ2) is 4.90. The molecule has 0 aliphatic heterocycles. The fraction of sp³-hybridized carbons (Fsp3) is 0.462. The third kappa shape index (κ3) is 2.80. The third-order valence-corrected chi connectivity index (χ3v) is 5.76. The summed E-state index contributed by atoms with van der Waals surface area (Å²) in [6.45, 7) is 0. The van der Waals surface area contributed by atoms with Gasteiger partial charge in [-0.1, -0.05) is 11.6 Å². The molecule has 0 saturated heterocycles. The Hall–Kier alpha value is -0.780. The molecule has 0 bridgehead atoms. The Bertz CT molecular complexity index is 664. The maximum absolute atomic E-state index is 12.1.